The zero-order chi connectivity index (χ0) is 18.0. The normalized spacial score (nSPS) is 10.5. The van der Waals surface area contributed by atoms with Gasteiger partial charge in [-0.3, -0.25) is 4.79 Å². The summed E-state index contributed by atoms with van der Waals surface area (Å²) in [5, 5.41) is 9.06. The number of hydrogen-bond donors (Lipinski definition) is 1. The first-order chi connectivity index (χ1) is 11.2. The van der Waals surface area contributed by atoms with E-state index in [-0.39, 0.29) is 18.0 Å². The Hall–Kier alpha value is -2.76. The fourth-order valence-corrected chi connectivity index (χ4v) is 2.76. The Labute approximate surface area is 140 Å². The van der Waals surface area contributed by atoms with E-state index in [9.17, 15) is 9.59 Å². The van der Waals surface area contributed by atoms with E-state index in [0.717, 1.165) is 16.9 Å². The first-order valence-corrected chi connectivity index (χ1v) is 7.48. The van der Waals surface area contributed by atoms with Crippen molar-refractivity contribution in [1.29, 1.82) is 0 Å². The summed E-state index contributed by atoms with van der Waals surface area (Å²) in [6.07, 6.45) is 0. The highest BCUT2D eigenvalue weighted by molar-refractivity contribution is 5.94. The molecule has 2 aromatic rings. The van der Waals surface area contributed by atoms with Crippen molar-refractivity contribution in [2.75, 3.05) is 14.2 Å². The lowest BCUT2D eigenvalue weighted by Crippen LogP contribution is -2.26. The number of carbonyl (C=O) groups is 2. The third-order valence-corrected chi connectivity index (χ3v) is 3.85. The minimum Gasteiger partial charge on any atom is -0.496 e. The topological polar surface area (TPSA) is 80.0 Å². The number of amides is 1. The number of ether oxygens (including phenoxy) is 1. The molecule has 0 spiro atoms. The number of carbonyl (C=O) groups excluding carboxylic acids is 1. The molecule has 6 heteroatoms. The van der Waals surface area contributed by atoms with Crippen LogP contribution in [0.2, 0.25) is 0 Å². The predicted molar refractivity (Wildman–Crippen MR) is 88.7 cm³/mol. The van der Waals surface area contributed by atoms with Gasteiger partial charge in [-0.15, -0.1) is 0 Å². The maximum absolute atomic E-state index is 12.6. The van der Waals surface area contributed by atoms with Crippen LogP contribution < -0.4 is 4.74 Å². The Morgan fingerprint density at radius 1 is 1.17 bits per heavy atom. The number of hydrogen-bond acceptors (Lipinski definition) is 4. The van der Waals surface area contributed by atoms with Gasteiger partial charge < -0.3 is 19.2 Å². The van der Waals surface area contributed by atoms with Crippen LogP contribution in [0, 0.1) is 20.8 Å². The van der Waals surface area contributed by atoms with Crippen LogP contribution in [-0.2, 0) is 6.54 Å². The maximum Gasteiger partial charge on any atom is 0.339 e. The standard InChI is InChI=1S/C18H21NO5/c1-10-6-13(7-11(2)16(10)23-5)17(20)19(4)9-14-8-15(18(21)22)12(3)24-14/h6-8H,9H2,1-5H3,(H,21,22). The molecule has 1 N–H and O–H groups in total. The highest BCUT2D eigenvalue weighted by atomic mass is 16.5. The number of aromatic carboxylic acids is 1. The van der Waals surface area contributed by atoms with E-state index >= 15 is 0 Å². The lowest BCUT2D eigenvalue weighted by atomic mass is 10.0. The summed E-state index contributed by atoms with van der Waals surface area (Å²) in [4.78, 5) is 25.2. The Kier molecular flexibility index (Phi) is 4.97. The molecule has 0 atom stereocenters. The van der Waals surface area contributed by atoms with E-state index in [1.807, 2.05) is 13.8 Å². The molecular weight excluding hydrogens is 310 g/mol. The third kappa shape index (κ3) is 3.42. The second-order valence-corrected chi connectivity index (χ2v) is 5.79. The van der Waals surface area contributed by atoms with E-state index in [1.165, 1.54) is 11.0 Å². The first-order valence-electron chi connectivity index (χ1n) is 7.48. The molecule has 1 heterocycles. The number of carboxylic acid groups (broad SMARTS) is 1. The van der Waals surface area contributed by atoms with Gasteiger partial charge in [-0.25, -0.2) is 4.79 Å². The highest BCUT2D eigenvalue weighted by Crippen LogP contribution is 2.25. The molecule has 24 heavy (non-hydrogen) atoms. The summed E-state index contributed by atoms with van der Waals surface area (Å²) >= 11 is 0. The number of carboxylic acids is 1. The molecule has 1 aromatic heterocycles. The van der Waals surface area contributed by atoms with Crippen LogP contribution in [0.3, 0.4) is 0 Å². The van der Waals surface area contributed by atoms with E-state index in [4.69, 9.17) is 14.3 Å². The van der Waals surface area contributed by atoms with E-state index < -0.39 is 5.97 Å². The van der Waals surface area contributed by atoms with Gasteiger partial charge in [0, 0.05) is 12.6 Å². The second-order valence-electron chi connectivity index (χ2n) is 5.79. The fraction of sp³-hybridized carbons (Fsp3) is 0.333. The Bertz CT molecular complexity index is 768. The molecule has 0 saturated carbocycles. The smallest absolute Gasteiger partial charge is 0.339 e. The number of benzene rings is 1. The number of furan rings is 1. The SMILES string of the molecule is COc1c(C)cc(C(=O)N(C)Cc2cc(C(=O)O)c(C)o2)cc1C. The Balaban J connectivity index is 2.21. The molecule has 0 aliphatic rings. The summed E-state index contributed by atoms with van der Waals surface area (Å²) in [6.45, 7) is 5.55. The molecule has 1 amide bonds. The number of rotatable bonds is 5. The van der Waals surface area contributed by atoms with Crippen LogP contribution in [-0.4, -0.2) is 36.0 Å². The molecule has 0 saturated heterocycles. The van der Waals surface area contributed by atoms with Gasteiger partial charge in [-0.2, -0.15) is 0 Å². The van der Waals surface area contributed by atoms with Gasteiger partial charge >= 0.3 is 5.97 Å². The van der Waals surface area contributed by atoms with Crippen molar-refractivity contribution < 1.29 is 23.8 Å². The second kappa shape index (κ2) is 6.78. The molecule has 128 valence electrons. The van der Waals surface area contributed by atoms with Gasteiger partial charge in [0.05, 0.1) is 13.7 Å². The van der Waals surface area contributed by atoms with Gasteiger partial charge in [0.1, 0.15) is 22.8 Å². The first kappa shape index (κ1) is 17.6. The summed E-state index contributed by atoms with van der Waals surface area (Å²) in [7, 11) is 3.25. The molecule has 6 nitrogen and oxygen atoms in total. The number of aryl methyl sites for hydroxylation is 3. The van der Waals surface area contributed by atoms with Crippen LogP contribution >= 0.6 is 0 Å². The zero-order valence-electron chi connectivity index (χ0n) is 14.5. The Morgan fingerprint density at radius 2 is 1.75 bits per heavy atom. The average Bonchev–Trinajstić information content (AvgIpc) is 2.86. The minimum atomic E-state index is -1.04. The summed E-state index contributed by atoms with van der Waals surface area (Å²) < 4.78 is 10.7. The summed E-state index contributed by atoms with van der Waals surface area (Å²) in [5.74, 6) is 0.312. The molecule has 1 aromatic carbocycles. The van der Waals surface area contributed by atoms with Crippen molar-refractivity contribution in [2.45, 2.75) is 27.3 Å². The zero-order valence-corrected chi connectivity index (χ0v) is 14.5. The molecule has 0 fully saturated rings. The van der Waals surface area contributed by atoms with Gasteiger partial charge in [0.25, 0.3) is 5.91 Å². The quantitative estimate of drug-likeness (QED) is 0.910. The molecular formula is C18H21NO5. The molecule has 0 bridgehead atoms. The van der Waals surface area contributed by atoms with Crippen molar-refractivity contribution in [3.05, 3.63) is 52.0 Å². The molecule has 0 aliphatic heterocycles. The molecule has 0 radical (unpaired) electrons. The van der Waals surface area contributed by atoms with Gasteiger partial charge in [-0.1, -0.05) is 0 Å². The van der Waals surface area contributed by atoms with Crippen molar-refractivity contribution in [2.24, 2.45) is 0 Å². The van der Waals surface area contributed by atoms with Crippen molar-refractivity contribution in [3.63, 3.8) is 0 Å². The monoisotopic (exact) mass is 331 g/mol. The largest absolute Gasteiger partial charge is 0.496 e. The van der Waals surface area contributed by atoms with E-state index in [1.54, 1.807) is 33.2 Å². The molecule has 2 rings (SSSR count). The van der Waals surface area contributed by atoms with Gasteiger partial charge in [0.2, 0.25) is 0 Å². The lowest BCUT2D eigenvalue weighted by molar-refractivity contribution is 0.0694. The molecule has 0 aliphatic carbocycles. The van der Waals surface area contributed by atoms with Gasteiger partial charge in [-0.05, 0) is 50.1 Å². The van der Waals surface area contributed by atoms with Crippen molar-refractivity contribution in [3.8, 4) is 5.75 Å². The van der Waals surface area contributed by atoms with E-state index in [2.05, 4.69) is 0 Å². The highest BCUT2D eigenvalue weighted by Gasteiger charge is 2.19. The van der Waals surface area contributed by atoms with Crippen molar-refractivity contribution in [1.82, 2.24) is 4.90 Å². The fourth-order valence-electron chi connectivity index (χ4n) is 2.76. The summed E-state index contributed by atoms with van der Waals surface area (Å²) in [5.41, 5.74) is 2.43. The van der Waals surface area contributed by atoms with Crippen LogP contribution in [0.5, 0.6) is 5.75 Å². The number of nitrogens with zero attached hydrogens (tertiary/aromatic N) is 1. The lowest BCUT2D eigenvalue weighted by Gasteiger charge is -2.17. The Morgan fingerprint density at radius 3 is 2.21 bits per heavy atom. The van der Waals surface area contributed by atoms with Crippen molar-refractivity contribution >= 4 is 11.9 Å². The van der Waals surface area contributed by atoms with Crippen LogP contribution in [0.15, 0.2) is 22.6 Å². The summed E-state index contributed by atoms with van der Waals surface area (Å²) in [6, 6.07) is 5.01. The number of methoxy groups -OCH3 is 1. The minimum absolute atomic E-state index is 0.113. The average molecular weight is 331 g/mol. The van der Waals surface area contributed by atoms with Crippen LogP contribution in [0.1, 0.15) is 43.4 Å². The van der Waals surface area contributed by atoms with Crippen LogP contribution in [0.25, 0.3) is 0 Å². The van der Waals surface area contributed by atoms with Gasteiger partial charge in [0.15, 0.2) is 0 Å². The third-order valence-electron chi connectivity index (χ3n) is 3.85. The maximum atomic E-state index is 12.6. The van der Waals surface area contributed by atoms with Crippen LogP contribution in [0.4, 0.5) is 0 Å². The predicted octanol–water partition coefficient (Wildman–Crippen LogP) is 3.18. The van der Waals surface area contributed by atoms with E-state index in [0.29, 0.717) is 17.1 Å². The molecule has 0 unspecified atom stereocenters.